The van der Waals surface area contributed by atoms with Gasteiger partial charge in [-0.05, 0) is 36.6 Å². The number of rotatable bonds is 4. The zero-order valence-electron chi connectivity index (χ0n) is 19.4. The molecular formula is C29H22BrNO5. The van der Waals surface area contributed by atoms with Crippen molar-refractivity contribution < 1.29 is 23.9 Å². The maximum Gasteiger partial charge on any atom is 0.237 e. The molecule has 3 aromatic carbocycles. The van der Waals surface area contributed by atoms with Crippen molar-refractivity contribution in [3.63, 3.8) is 0 Å². The predicted molar refractivity (Wildman–Crippen MR) is 134 cm³/mol. The third-order valence-electron chi connectivity index (χ3n) is 7.57. The number of carbonyl (C=O) groups excluding carboxylic acids is 4. The van der Waals surface area contributed by atoms with Crippen LogP contribution in [0, 0.1) is 11.8 Å². The van der Waals surface area contributed by atoms with Crippen LogP contribution in [0.25, 0.3) is 0 Å². The molecule has 2 heterocycles. The summed E-state index contributed by atoms with van der Waals surface area (Å²) < 4.78 is 7.15. The lowest BCUT2D eigenvalue weighted by atomic mass is 9.77. The number of Topliss-reactive ketones (excluding diaryl/α,β-unsaturated/α-hetero) is 2. The molecule has 2 aliphatic heterocycles. The van der Waals surface area contributed by atoms with Crippen LogP contribution in [0.4, 0.5) is 0 Å². The third-order valence-corrected chi connectivity index (χ3v) is 8.10. The third kappa shape index (κ3) is 3.12. The molecule has 0 saturated carbocycles. The molecule has 0 bridgehead atoms. The van der Waals surface area contributed by atoms with E-state index in [4.69, 9.17) is 4.74 Å². The molecule has 6 rings (SSSR count). The summed E-state index contributed by atoms with van der Waals surface area (Å²) in [4.78, 5) is 56.7. The molecule has 0 unspecified atom stereocenters. The Kier molecular flexibility index (Phi) is 5.32. The summed E-state index contributed by atoms with van der Waals surface area (Å²) in [5.41, 5.74) is 0.0430. The maximum absolute atomic E-state index is 14.0. The SMILES string of the molecule is C[C@H](Cc1ccccc1)N1C(=O)[C@@H]2[C@@H](c3ccc(Br)cc3)OC3(C(=O)c4ccccc4C3=O)[C@H]2C1=O. The molecule has 2 saturated heterocycles. The number of carbonyl (C=O) groups is 4. The summed E-state index contributed by atoms with van der Waals surface area (Å²) >= 11 is 3.41. The van der Waals surface area contributed by atoms with Crippen molar-refractivity contribution >= 4 is 39.3 Å². The Morgan fingerprint density at radius 2 is 1.42 bits per heavy atom. The molecule has 7 heteroatoms. The first-order valence-electron chi connectivity index (χ1n) is 11.9. The molecule has 3 aromatic rings. The van der Waals surface area contributed by atoms with Gasteiger partial charge >= 0.3 is 0 Å². The monoisotopic (exact) mass is 543 g/mol. The number of nitrogens with zero attached hydrogens (tertiary/aromatic N) is 1. The first-order chi connectivity index (χ1) is 17.3. The van der Waals surface area contributed by atoms with Gasteiger partial charge in [0.1, 0.15) is 0 Å². The van der Waals surface area contributed by atoms with Gasteiger partial charge < -0.3 is 4.74 Å². The molecule has 1 spiro atoms. The van der Waals surface area contributed by atoms with Crippen molar-refractivity contribution in [1.82, 2.24) is 4.90 Å². The Bertz CT molecular complexity index is 1380. The Hall–Kier alpha value is -3.42. The van der Waals surface area contributed by atoms with E-state index in [0.29, 0.717) is 12.0 Å². The van der Waals surface area contributed by atoms with E-state index in [1.807, 2.05) is 49.4 Å². The van der Waals surface area contributed by atoms with E-state index in [-0.39, 0.29) is 11.1 Å². The zero-order valence-corrected chi connectivity index (χ0v) is 21.0. The van der Waals surface area contributed by atoms with E-state index in [1.165, 1.54) is 4.90 Å². The van der Waals surface area contributed by atoms with Gasteiger partial charge in [-0.2, -0.15) is 0 Å². The van der Waals surface area contributed by atoms with E-state index in [0.717, 1.165) is 10.0 Å². The van der Waals surface area contributed by atoms with E-state index in [2.05, 4.69) is 15.9 Å². The molecule has 6 nitrogen and oxygen atoms in total. The van der Waals surface area contributed by atoms with E-state index in [1.54, 1.807) is 36.4 Å². The minimum atomic E-state index is -2.04. The summed E-state index contributed by atoms with van der Waals surface area (Å²) in [5, 5.41) is 0. The second kappa shape index (κ2) is 8.32. The number of ketones is 2. The maximum atomic E-state index is 14.0. The average Bonchev–Trinajstić information content (AvgIpc) is 3.45. The van der Waals surface area contributed by atoms with Crippen molar-refractivity contribution in [1.29, 1.82) is 0 Å². The first-order valence-corrected chi connectivity index (χ1v) is 12.7. The summed E-state index contributed by atoms with van der Waals surface area (Å²) in [6.45, 7) is 1.82. The van der Waals surface area contributed by atoms with Crippen molar-refractivity contribution in [2.24, 2.45) is 11.8 Å². The summed E-state index contributed by atoms with van der Waals surface area (Å²) in [5.74, 6) is -4.21. The molecule has 0 N–H and O–H groups in total. The number of hydrogen-bond donors (Lipinski definition) is 0. The van der Waals surface area contributed by atoms with Gasteiger partial charge in [0, 0.05) is 21.6 Å². The van der Waals surface area contributed by atoms with Gasteiger partial charge in [-0.15, -0.1) is 0 Å². The Balaban J connectivity index is 1.46. The molecular weight excluding hydrogens is 522 g/mol. The lowest BCUT2D eigenvalue weighted by Gasteiger charge is -2.29. The molecule has 0 aromatic heterocycles. The molecule has 2 amide bonds. The normalized spacial score (nSPS) is 24.9. The minimum absolute atomic E-state index is 0.230. The number of halogens is 1. The van der Waals surface area contributed by atoms with Crippen molar-refractivity contribution in [2.45, 2.75) is 31.1 Å². The highest BCUT2D eigenvalue weighted by Crippen LogP contribution is 2.57. The zero-order chi connectivity index (χ0) is 25.2. The summed E-state index contributed by atoms with van der Waals surface area (Å²) in [6, 6.07) is 22.9. The van der Waals surface area contributed by atoms with Crippen LogP contribution in [0.1, 0.15) is 44.9 Å². The number of fused-ring (bicyclic) bond motifs is 3. The molecule has 0 radical (unpaired) electrons. The number of ether oxygens (including phenoxy) is 1. The van der Waals surface area contributed by atoms with Crippen LogP contribution < -0.4 is 0 Å². The average molecular weight is 544 g/mol. The summed E-state index contributed by atoms with van der Waals surface area (Å²) in [7, 11) is 0. The van der Waals surface area contributed by atoms with Crippen molar-refractivity contribution in [3.8, 4) is 0 Å². The van der Waals surface area contributed by atoms with Gasteiger partial charge in [0.15, 0.2) is 0 Å². The van der Waals surface area contributed by atoms with Crippen molar-refractivity contribution in [3.05, 3.63) is 106 Å². The fourth-order valence-corrected chi connectivity index (χ4v) is 6.24. The van der Waals surface area contributed by atoms with Gasteiger partial charge in [-0.1, -0.05) is 82.7 Å². The number of hydrogen-bond acceptors (Lipinski definition) is 5. The minimum Gasteiger partial charge on any atom is -0.349 e. The van der Waals surface area contributed by atoms with E-state index < -0.39 is 53.0 Å². The Labute approximate surface area is 216 Å². The smallest absolute Gasteiger partial charge is 0.237 e. The van der Waals surface area contributed by atoms with Gasteiger partial charge in [0.25, 0.3) is 0 Å². The standard InChI is InChI=1S/C29H22BrNO5/c1-16(15-17-7-3-2-4-8-17)31-27(34)22-23(28(31)35)29(36-24(22)18-11-13-19(30)14-12-18)25(32)20-9-5-6-10-21(20)26(29)33/h2-14,16,22-24H,15H2,1H3/t16-,22+,23-,24-/m1/s1. The molecule has 36 heavy (non-hydrogen) atoms. The van der Waals surface area contributed by atoms with Crippen LogP contribution in [0.2, 0.25) is 0 Å². The number of benzene rings is 3. The second-order valence-electron chi connectivity index (χ2n) is 9.62. The Morgan fingerprint density at radius 3 is 2.03 bits per heavy atom. The lowest BCUT2D eigenvalue weighted by molar-refractivity contribution is -0.147. The number of likely N-dealkylation sites (tertiary alicyclic amines) is 1. The Morgan fingerprint density at radius 1 is 0.833 bits per heavy atom. The quantitative estimate of drug-likeness (QED) is 0.355. The van der Waals surface area contributed by atoms with E-state index in [9.17, 15) is 19.2 Å². The first kappa shape index (κ1) is 23.0. The molecule has 180 valence electrons. The highest BCUT2D eigenvalue weighted by Gasteiger charge is 2.74. The van der Waals surface area contributed by atoms with Gasteiger partial charge in [0.2, 0.25) is 29.0 Å². The molecule has 3 aliphatic rings. The fourth-order valence-electron chi connectivity index (χ4n) is 5.97. The van der Waals surface area contributed by atoms with Gasteiger partial charge in [-0.3, -0.25) is 24.1 Å². The van der Waals surface area contributed by atoms with Crippen LogP contribution in [0.5, 0.6) is 0 Å². The summed E-state index contributed by atoms with van der Waals surface area (Å²) in [6.07, 6.45) is -0.438. The predicted octanol–water partition coefficient (Wildman–Crippen LogP) is 4.57. The largest absolute Gasteiger partial charge is 0.349 e. The molecule has 1 aliphatic carbocycles. The highest BCUT2D eigenvalue weighted by molar-refractivity contribution is 9.10. The van der Waals surface area contributed by atoms with Gasteiger partial charge in [0.05, 0.1) is 17.9 Å². The topological polar surface area (TPSA) is 80.8 Å². The van der Waals surface area contributed by atoms with Crippen LogP contribution in [0.15, 0.2) is 83.3 Å². The molecule has 4 atom stereocenters. The molecule has 2 fully saturated rings. The van der Waals surface area contributed by atoms with Crippen LogP contribution in [0.3, 0.4) is 0 Å². The second-order valence-corrected chi connectivity index (χ2v) is 10.5. The van der Waals surface area contributed by atoms with Crippen LogP contribution >= 0.6 is 15.9 Å². The lowest BCUT2D eigenvalue weighted by Crippen LogP contribution is -2.52. The highest BCUT2D eigenvalue weighted by atomic mass is 79.9. The fraction of sp³-hybridized carbons (Fsp3) is 0.241. The van der Waals surface area contributed by atoms with Crippen LogP contribution in [-0.4, -0.2) is 39.9 Å². The van der Waals surface area contributed by atoms with Gasteiger partial charge in [-0.25, -0.2) is 0 Å². The van der Waals surface area contributed by atoms with E-state index >= 15 is 0 Å². The van der Waals surface area contributed by atoms with Crippen LogP contribution in [-0.2, 0) is 20.7 Å². The van der Waals surface area contributed by atoms with Crippen molar-refractivity contribution in [2.75, 3.05) is 0 Å². The number of amides is 2. The number of imide groups is 1.